The highest BCUT2D eigenvalue weighted by molar-refractivity contribution is 5.99. The summed E-state index contributed by atoms with van der Waals surface area (Å²) >= 11 is 0. The van der Waals surface area contributed by atoms with Gasteiger partial charge in [-0.05, 0) is 61.4 Å². The van der Waals surface area contributed by atoms with Gasteiger partial charge in [-0.2, -0.15) is 0 Å². The second-order valence-electron chi connectivity index (χ2n) is 11.9. The minimum atomic E-state index is -0.687. The molecule has 1 atom stereocenters. The van der Waals surface area contributed by atoms with Gasteiger partial charge in [0.05, 0.1) is 0 Å². The predicted octanol–water partition coefficient (Wildman–Crippen LogP) is 6.25. The van der Waals surface area contributed by atoms with Crippen LogP contribution in [0.5, 0.6) is 11.5 Å². The molecule has 39 heavy (non-hydrogen) atoms. The van der Waals surface area contributed by atoms with E-state index in [1.54, 1.807) is 0 Å². The predicted molar refractivity (Wildman–Crippen MR) is 155 cm³/mol. The number of nitrogens with zero attached hydrogens (tertiary/aromatic N) is 3. The Bertz CT molecular complexity index is 1090. The number of amides is 2. The van der Waals surface area contributed by atoms with E-state index in [1.165, 1.54) is 37.7 Å². The van der Waals surface area contributed by atoms with Crippen molar-refractivity contribution in [3.8, 4) is 11.5 Å². The SMILES string of the molecule is CCCCN1C(=O)[C@H](CC2CCCCC2)N(C)C(=O)C12CCN(Cc1ccc(Oc3ccccc3)cc1)CC2. The highest BCUT2D eigenvalue weighted by Gasteiger charge is 2.55. The number of hydrogen-bond acceptors (Lipinski definition) is 4. The Labute approximate surface area is 234 Å². The quantitative estimate of drug-likeness (QED) is 0.384. The Morgan fingerprint density at radius 3 is 2.23 bits per heavy atom. The van der Waals surface area contributed by atoms with Crippen molar-refractivity contribution in [2.45, 2.75) is 89.3 Å². The normalized spacial score (nSPS) is 22.5. The van der Waals surface area contributed by atoms with Crippen LogP contribution in [-0.2, 0) is 16.1 Å². The lowest BCUT2D eigenvalue weighted by atomic mass is 9.78. The number of carbonyl (C=O) groups excluding carboxylic acids is 2. The summed E-state index contributed by atoms with van der Waals surface area (Å²) in [6.45, 7) is 5.31. The number of benzene rings is 2. The highest BCUT2D eigenvalue weighted by Crippen LogP contribution is 2.39. The molecule has 6 heteroatoms. The van der Waals surface area contributed by atoms with Crippen LogP contribution >= 0.6 is 0 Å². The fraction of sp³-hybridized carbons (Fsp3) is 0.576. The number of carbonyl (C=O) groups is 2. The first kappa shape index (κ1) is 27.7. The number of para-hydroxylation sites is 1. The van der Waals surface area contributed by atoms with Crippen molar-refractivity contribution in [1.29, 1.82) is 0 Å². The third kappa shape index (κ3) is 6.16. The van der Waals surface area contributed by atoms with Crippen LogP contribution in [-0.4, -0.2) is 64.8 Å². The van der Waals surface area contributed by atoms with E-state index in [-0.39, 0.29) is 17.9 Å². The third-order valence-electron chi connectivity index (χ3n) is 9.26. The number of piperidine rings is 1. The van der Waals surface area contributed by atoms with E-state index < -0.39 is 5.54 Å². The van der Waals surface area contributed by atoms with Crippen molar-refractivity contribution >= 4 is 11.8 Å². The Morgan fingerprint density at radius 2 is 1.56 bits per heavy atom. The number of rotatable bonds is 9. The van der Waals surface area contributed by atoms with E-state index in [2.05, 4.69) is 24.0 Å². The highest BCUT2D eigenvalue weighted by atomic mass is 16.5. The Balaban J connectivity index is 1.23. The molecule has 1 saturated carbocycles. The lowest BCUT2D eigenvalue weighted by Crippen LogP contribution is -2.73. The summed E-state index contributed by atoms with van der Waals surface area (Å²) in [5.41, 5.74) is 0.540. The summed E-state index contributed by atoms with van der Waals surface area (Å²) in [6, 6.07) is 17.8. The standard InChI is InChI=1S/C33H45N3O3/c1-3-4-21-36-31(37)30(24-26-11-7-5-8-12-26)34(2)32(38)33(36)19-22-35(23-20-33)25-27-15-17-29(18-16-27)39-28-13-9-6-10-14-28/h6,9-10,13-18,26,30H,3-5,7-8,11-12,19-25H2,1-2H3/t30-/m0/s1. The van der Waals surface area contributed by atoms with Crippen molar-refractivity contribution in [2.75, 3.05) is 26.7 Å². The van der Waals surface area contributed by atoms with Crippen LogP contribution in [0.1, 0.15) is 76.7 Å². The van der Waals surface area contributed by atoms with Crippen molar-refractivity contribution in [1.82, 2.24) is 14.7 Å². The van der Waals surface area contributed by atoms with Gasteiger partial charge in [0.15, 0.2) is 0 Å². The van der Waals surface area contributed by atoms with Crippen molar-refractivity contribution < 1.29 is 14.3 Å². The lowest BCUT2D eigenvalue weighted by molar-refractivity contribution is -0.174. The molecular weight excluding hydrogens is 486 g/mol. The van der Waals surface area contributed by atoms with Gasteiger partial charge in [0.2, 0.25) is 11.8 Å². The van der Waals surface area contributed by atoms with Gasteiger partial charge in [0, 0.05) is 33.2 Å². The van der Waals surface area contributed by atoms with E-state index in [9.17, 15) is 9.59 Å². The van der Waals surface area contributed by atoms with Gasteiger partial charge >= 0.3 is 0 Å². The molecule has 3 aliphatic rings. The van der Waals surface area contributed by atoms with Gasteiger partial charge in [0.25, 0.3) is 0 Å². The molecule has 210 valence electrons. The van der Waals surface area contributed by atoms with Crippen LogP contribution in [0.15, 0.2) is 54.6 Å². The zero-order valence-corrected chi connectivity index (χ0v) is 23.8. The number of hydrogen-bond donors (Lipinski definition) is 0. The smallest absolute Gasteiger partial charge is 0.249 e. The second kappa shape index (κ2) is 12.5. The van der Waals surface area contributed by atoms with Gasteiger partial charge in [-0.1, -0.05) is 75.8 Å². The summed E-state index contributed by atoms with van der Waals surface area (Å²) in [7, 11) is 1.89. The lowest BCUT2D eigenvalue weighted by Gasteiger charge is -2.54. The fourth-order valence-electron chi connectivity index (χ4n) is 6.89. The maximum absolute atomic E-state index is 14.0. The Hall–Kier alpha value is -2.86. The first-order valence-corrected chi connectivity index (χ1v) is 15.1. The molecule has 1 spiro atoms. The molecule has 2 amide bonds. The van der Waals surface area contributed by atoms with Gasteiger partial charge in [0.1, 0.15) is 23.1 Å². The molecule has 0 radical (unpaired) electrons. The van der Waals surface area contributed by atoms with E-state index in [0.717, 1.165) is 50.4 Å². The van der Waals surface area contributed by atoms with Crippen molar-refractivity contribution in [3.05, 3.63) is 60.2 Å². The zero-order valence-electron chi connectivity index (χ0n) is 23.8. The summed E-state index contributed by atoms with van der Waals surface area (Å²) < 4.78 is 5.94. The second-order valence-corrected chi connectivity index (χ2v) is 11.9. The van der Waals surface area contributed by atoms with E-state index in [1.807, 2.05) is 59.3 Å². The molecule has 6 nitrogen and oxygen atoms in total. The number of unbranched alkanes of at least 4 members (excludes halogenated alkanes) is 1. The number of likely N-dealkylation sites (N-methyl/N-ethyl adjacent to an activating group) is 1. The largest absolute Gasteiger partial charge is 0.457 e. The maximum Gasteiger partial charge on any atom is 0.249 e. The maximum atomic E-state index is 14.0. The molecule has 0 N–H and O–H groups in total. The van der Waals surface area contributed by atoms with Crippen LogP contribution in [0.3, 0.4) is 0 Å². The topological polar surface area (TPSA) is 53.1 Å². The average molecular weight is 532 g/mol. The van der Waals surface area contributed by atoms with Gasteiger partial charge in [-0.3, -0.25) is 14.5 Å². The van der Waals surface area contributed by atoms with Crippen LogP contribution in [0.2, 0.25) is 0 Å². The van der Waals surface area contributed by atoms with E-state index in [0.29, 0.717) is 25.3 Å². The van der Waals surface area contributed by atoms with E-state index >= 15 is 0 Å². The molecule has 0 bridgehead atoms. The zero-order chi connectivity index (χ0) is 27.2. The summed E-state index contributed by atoms with van der Waals surface area (Å²) in [5.74, 6) is 2.58. The molecule has 2 aromatic carbocycles. The van der Waals surface area contributed by atoms with Crippen molar-refractivity contribution in [3.63, 3.8) is 0 Å². The summed E-state index contributed by atoms with van der Waals surface area (Å²) in [4.78, 5) is 34.3. The van der Waals surface area contributed by atoms with Gasteiger partial charge in [-0.15, -0.1) is 0 Å². The Morgan fingerprint density at radius 1 is 0.897 bits per heavy atom. The van der Waals surface area contributed by atoms with Gasteiger partial charge in [-0.25, -0.2) is 0 Å². The summed E-state index contributed by atoms with van der Waals surface area (Å²) in [6.07, 6.45) is 10.4. The van der Waals surface area contributed by atoms with Gasteiger partial charge < -0.3 is 14.5 Å². The monoisotopic (exact) mass is 531 g/mol. The first-order chi connectivity index (χ1) is 19.0. The van der Waals surface area contributed by atoms with Crippen LogP contribution in [0.4, 0.5) is 0 Å². The molecule has 2 aliphatic heterocycles. The number of ether oxygens (including phenoxy) is 1. The molecule has 2 heterocycles. The average Bonchev–Trinajstić information content (AvgIpc) is 2.97. The molecule has 1 aliphatic carbocycles. The molecule has 0 aromatic heterocycles. The first-order valence-electron chi connectivity index (χ1n) is 15.1. The molecule has 5 rings (SSSR count). The van der Waals surface area contributed by atoms with Crippen LogP contribution in [0, 0.1) is 5.92 Å². The number of piperazine rings is 1. The number of likely N-dealkylation sites (tertiary alicyclic amines) is 1. The molecule has 2 saturated heterocycles. The molecule has 0 unspecified atom stereocenters. The molecular formula is C33H45N3O3. The fourth-order valence-corrected chi connectivity index (χ4v) is 6.89. The third-order valence-corrected chi connectivity index (χ3v) is 9.26. The molecule has 3 fully saturated rings. The minimum Gasteiger partial charge on any atom is -0.457 e. The molecule has 2 aromatic rings. The van der Waals surface area contributed by atoms with Crippen LogP contribution < -0.4 is 4.74 Å². The Kier molecular flexibility index (Phi) is 8.91. The minimum absolute atomic E-state index is 0.168. The van der Waals surface area contributed by atoms with Crippen LogP contribution in [0.25, 0.3) is 0 Å². The summed E-state index contributed by atoms with van der Waals surface area (Å²) in [5, 5.41) is 0. The van der Waals surface area contributed by atoms with Crippen molar-refractivity contribution in [2.24, 2.45) is 5.92 Å². The van der Waals surface area contributed by atoms with E-state index in [4.69, 9.17) is 4.74 Å².